The van der Waals surface area contributed by atoms with Gasteiger partial charge in [0, 0.05) is 19.3 Å². The van der Waals surface area contributed by atoms with Crippen molar-refractivity contribution >= 4 is 11.8 Å². The Morgan fingerprint density at radius 1 is 1.26 bits per heavy atom. The highest BCUT2D eigenvalue weighted by molar-refractivity contribution is 5.79. The van der Waals surface area contributed by atoms with E-state index < -0.39 is 5.97 Å². The van der Waals surface area contributed by atoms with Crippen LogP contribution in [0.3, 0.4) is 0 Å². The van der Waals surface area contributed by atoms with E-state index in [4.69, 9.17) is 5.11 Å². The van der Waals surface area contributed by atoms with Crippen molar-refractivity contribution in [1.82, 2.24) is 0 Å². The molecule has 27 heavy (non-hydrogen) atoms. The van der Waals surface area contributed by atoms with Crippen molar-refractivity contribution in [3.63, 3.8) is 0 Å². The Kier molecular flexibility index (Phi) is 4.79. The molecule has 150 valence electrons. The van der Waals surface area contributed by atoms with Crippen LogP contribution in [0.15, 0.2) is 12.2 Å². The molecule has 0 spiro atoms. The summed E-state index contributed by atoms with van der Waals surface area (Å²) >= 11 is 0. The number of carboxylic acid groups (broad SMARTS) is 1. The van der Waals surface area contributed by atoms with Crippen LogP contribution in [0.25, 0.3) is 0 Å². The van der Waals surface area contributed by atoms with Gasteiger partial charge in [0.1, 0.15) is 5.78 Å². The highest BCUT2D eigenvalue weighted by Gasteiger charge is 2.58. The Morgan fingerprint density at radius 3 is 2.78 bits per heavy atom. The van der Waals surface area contributed by atoms with E-state index in [0.717, 1.165) is 37.5 Å². The smallest absolute Gasteiger partial charge is 0.303 e. The molecule has 3 saturated carbocycles. The van der Waals surface area contributed by atoms with Crippen LogP contribution < -0.4 is 0 Å². The van der Waals surface area contributed by atoms with Gasteiger partial charge in [0.15, 0.2) is 0 Å². The summed E-state index contributed by atoms with van der Waals surface area (Å²) in [6, 6.07) is 0. The number of rotatable bonds is 4. The molecule has 0 saturated heterocycles. The van der Waals surface area contributed by atoms with E-state index in [0.29, 0.717) is 41.3 Å². The first-order valence-electron chi connectivity index (χ1n) is 11.2. The third kappa shape index (κ3) is 3.00. The summed E-state index contributed by atoms with van der Waals surface area (Å²) in [4.78, 5) is 23.0. The third-order valence-electron chi connectivity index (χ3n) is 9.49. The van der Waals surface area contributed by atoms with E-state index in [9.17, 15) is 9.59 Å². The number of carbonyl (C=O) groups is 2. The first kappa shape index (κ1) is 19.2. The summed E-state index contributed by atoms with van der Waals surface area (Å²) in [5.41, 5.74) is 0.536. The Bertz CT molecular complexity index is 652. The minimum absolute atomic E-state index is 0.229. The van der Waals surface area contributed by atoms with E-state index in [1.54, 1.807) is 0 Å². The maximum absolute atomic E-state index is 12.0. The van der Waals surface area contributed by atoms with Gasteiger partial charge in [-0.2, -0.15) is 0 Å². The van der Waals surface area contributed by atoms with Gasteiger partial charge >= 0.3 is 5.97 Å². The fourth-order valence-corrected chi connectivity index (χ4v) is 7.91. The zero-order valence-corrected chi connectivity index (χ0v) is 17.2. The summed E-state index contributed by atoms with van der Waals surface area (Å²) in [5, 5.41) is 9.08. The zero-order valence-electron chi connectivity index (χ0n) is 17.2. The Balaban J connectivity index is 1.57. The van der Waals surface area contributed by atoms with Gasteiger partial charge in [-0.3, -0.25) is 9.59 Å². The summed E-state index contributed by atoms with van der Waals surface area (Å²) < 4.78 is 0. The molecule has 0 aliphatic heterocycles. The van der Waals surface area contributed by atoms with Gasteiger partial charge in [-0.25, -0.2) is 0 Å². The predicted octanol–water partition coefficient (Wildman–Crippen LogP) is 5.49. The lowest BCUT2D eigenvalue weighted by atomic mass is 9.46. The number of Topliss-reactive ketones (excluding diaryl/α,β-unsaturated/α-hetero) is 1. The maximum Gasteiger partial charge on any atom is 0.303 e. The van der Waals surface area contributed by atoms with E-state index in [1.807, 2.05) is 0 Å². The largest absolute Gasteiger partial charge is 0.481 e. The van der Waals surface area contributed by atoms with E-state index in [2.05, 4.69) is 32.9 Å². The molecule has 3 heteroatoms. The molecule has 0 amide bonds. The monoisotopic (exact) mass is 372 g/mol. The molecule has 0 heterocycles. The Labute approximate surface area is 164 Å². The summed E-state index contributed by atoms with van der Waals surface area (Å²) in [7, 11) is 0. The van der Waals surface area contributed by atoms with Crippen LogP contribution in [0, 0.1) is 46.3 Å². The van der Waals surface area contributed by atoms with Crippen LogP contribution in [0.1, 0.15) is 78.6 Å². The van der Waals surface area contributed by atoms with Gasteiger partial charge in [-0.1, -0.05) is 32.9 Å². The highest BCUT2D eigenvalue weighted by atomic mass is 16.4. The van der Waals surface area contributed by atoms with E-state index in [-0.39, 0.29) is 5.41 Å². The van der Waals surface area contributed by atoms with Crippen LogP contribution in [-0.4, -0.2) is 16.9 Å². The van der Waals surface area contributed by atoms with Crippen molar-refractivity contribution in [2.24, 2.45) is 46.3 Å². The molecule has 0 aromatic carbocycles. The number of carboxylic acids is 1. The van der Waals surface area contributed by atoms with Crippen molar-refractivity contribution in [1.29, 1.82) is 0 Å². The topological polar surface area (TPSA) is 54.4 Å². The van der Waals surface area contributed by atoms with E-state index >= 15 is 0 Å². The summed E-state index contributed by atoms with van der Waals surface area (Å²) in [6.07, 6.45) is 13.9. The second-order valence-corrected chi connectivity index (χ2v) is 10.6. The molecular formula is C24H36O3. The third-order valence-corrected chi connectivity index (χ3v) is 9.49. The van der Waals surface area contributed by atoms with Gasteiger partial charge in [0.05, 0.1) is 0 Å². The van der Waals surface area contributed by atoms with Crippen LogP contribution in [-0.2, 0) is 9.59 Å². The molecule has 8 atom stereocenters. The standard InChI is InChI=1S/C24H36O3/c1-15(4-9-22(26)27)19-7-8-20-18-6-5-16-14-17(25)10-12-23(16,2)21(18)11-13-24(19,20)3/h11,13,15-16,18-21H,4-10,12,14H2,1-3H3,(H,26,27)/t15-,16+,18+,19+,20-,21+,23-,24+/m0/s1. The highest BCUT2D eigenvalue weighted by Crippen LogP contribution is 2.65. The second-order valence-electron chi connectivity index (χ2n) is 10.6. The number of hydrogen-bond acceptors (Lipinski definition) is 2. The molecule has 0 unspecified atom stereocenters. The Morgan fingerprint density at radius 2 is 2.04 bits per heavy atom. The molecule has 0 aromatic heterocycles. The van der Waals surface area contributed by atoms with Gasteiger partial charge in [0.25, 0.3) is 0 Å². The number of fused-ring (bicyclic) bond motifs is 5. The van der Waals surface area contributed by atoms with Gasteiger partial charge < -0.3 is 5.11 Å². The minimum Gasteiger partial charge on any atom is -0.481 e. The van der Waals surface area contributed by atoms with Crippen LogP contribution >= 0.6 is 0 Å². The van der Waals surface area contributed by atoms with E-state index in [1.165, 1.54) is 25.7 Å². The fourth-order valence-electron chi connectivity index (χ4n) is 7.91. The SMILES string of the molecule is C[C@@H](CCC(=O)O)[C@H]1CC[C@H]2[C@H]3CC[C@@H]4CC(=O)CC[C@]4(C)[C@@H]3C=C[C@]12C. The average Bonchev–Trinajstić information content (AvgIpc) is 2.97. The van der Waals surface area contributed by atoms with Crippen molar-refractivity contribution in [3.8, 4) is 0 Å². The molecule has 0 bridgehead atoms. The zero-order chi connectivity index (χ0) is 19.4. The van der Waals surface area contributed by atoms with Gasteiger partial charge in [0.2, 0.25) is 0 Å². The lowest BCUT2D eigenvalue weighted by molar-refractivity contribution is -0.137. The quantitative estimate of drug-likeness (QED) is 0.664. The molecule has 4 rings (SSSR count). The average molecular weight is 373 g/mol. The number of aliphatic carboxylic acids is 1. The molecular weight excluding hydrogens is 336 g/mol. The van der Waals surface area contributed by atoms with Gasteiger partial charge in [-0.15, -0.1) is 0 Å². The predicted molar refractivity (Wildman–Crippen MR) is 106 cm³/mol. The van der Waals surface area contributed by atoms with Crippen LogP contribution in [0.2, 0.25) is 0 Å². The molecule has 0 aromatic rings. The number of ketones is 1. The molecule has 4 aliphatic rings. The lowest BCUT2D eigenvalue weighted by Gasteiger charge is -2.58. The minimum atomic E-state index is -0.668. The van der Waals surface area contributed by atoms with Crippen LogP contribution in [0.4, 0.5) is 0 Å². The summed E-state index contributed by atoms with van der Waals surface area (Å²) in [5.74, 6) is 3.60. The number of allylic oxidation sites excluding steroid dienone is 2. The second kappa shape index (κ2) is 6.74. The van der Waals surface area contributed by atoms with Gasteiger partial charge in [-0.05, 0) is 84.9 Å². The normalized spacial score (nSPS) is 47.1. The molecule has 3 nitrogen and oxygen atoms in total. The molecule has 3 fully saturated rings. The first-order chi connectivity index (χ1) is 12.8. The lowest BCUT2D eigenvalue weighted by Crippen LogP contribution is -2.51. The van der Waals surface area contributed by atoms with Crippen molar-refractivity contribution in [2.75, 3.05) is 0 Å². The first-order valence-corrected chi connectivity index (χ1v) is 11.2. The van der Waals surface area contributed by atoms with Crippen molar-refractivity contribution in [3.05, 3.63) is 12.2 Å². The molecule has 4 aliphatic carbocycles. The number of carbonyl (C=O) groups excluding carboxylic acids is 1. The molecule has 0 radical (unpaired) electrons. The van der Waals surface area contributed by atoms with Crippen molar-refractivity contribution < 1.29 is 14.7 Å². The fraction of sp³-hybridized carbons (Fsp3) is 0.833. The summed E-state index contributed by atoms with van der Waals surface area (Å²) in [6.45, 7) is 7.19. The van der Waals surface area contributed by atoms with Crippen LogP contribution in [0.5, 0.6) is 0 Å². The Hall–Kier alpha value is -1.12. The van der Waals surface area contributed by atoms with Crippen molar-refractivity contribution in [2.45, 2.75) is 78.6 Å². The molecule has 1 N–H and O–H groups in total. The number of hydrogen-bond donors (Lipinski definition) is 1. The maximum atomic E-state index is 12.0.